The van der Waals surface area contributed by atoms with Gasteiger partial charge in [-0.15, -0.1) is 0 Å². The zero-order chi connectivity index (χ0) is 21.8. The second-order valence-electron chi connectivity index (χ2n) is 7.60. The van der Waals surface area contributed by atoms with Crippen LogP contribution >= 0.6 is 0 Å². The van der Waals surface area contributed by atoms with Gasteiger partial charge in [0.25, 0.3) is 5.91 Å². The Balaban J connectivity index is 1.49. The number of para-hydroxylation sites is 1. The number of carbonyl (C=O) groups is 1. The van der Waals surface area contributed by atoms with Crippen LogP contribution in [-0.2, 0) is 11.8 Å². The number of carbonyl (C=O) groups excluding carboxylic acids is 1. The van der Waals surface area contributed by atoms with Gasteiger partial charge < -0.3 is 19.6 Å². The van der Waals surface area contributed by atoms with Gasteiger partial charge in [-0.3, -0.25) is 9.59 Å². The molecular weight excluding hydrogens is 390 g/mol. The predicted octanol–water partition coefficient (Wildman–Crippen LogP) is 3.50. The first kappa shape index (κ1) is 20.5. The smallest absolute Gasteiger partial charge is 0.257 e. The molecule has 2 aromatic carbocycles. The minimum absolute atomic E-state index is 0.0199. The SMILES string of the molecule is Cc1cc(=O)c(OCC(=O)NC[C@@H](c2ccccc2)c2c[nH]c3ccccc23)cn1C. The van der Waals surface area contributed by atoms with Gasteiger partial charge in [0, 0.05) is 54.6 Å². The third kappa shape index (κ3) is 4.53. The zero-order valence-electron chi connectivity index (χ0n) is 17.6. The van der Waals surface area contributed by atoms with E-state index < -0.39 is 0 Å². The van der Waals surface area contributed by atoms with Crippen LogP contribution in [0.4, 0.5) is 0 Å². The molecule has 0 aliphatic carbocycles. The van der Waals surface area contributed by atoms with Crippen LogP contribution in [0.2, 0.25) is 0 Å². The van der Waals surface area contributed by atoms with Crippen LogP contribution in [0.25, 0.3) is 10.9 Å². The topological polar surface area (TPSA) is 76.1 Å². The van der Waals surface area contributed by atoms with Crippen molar-refractivity contribution >= 4 is 16.8 Å². The van der Waals surface area contributed by atoms with E-state index >= 15 is 0 Å². The van der Waals surface area contributed by atoms with E-state index in [1.807, 2.05) is 56.6 Å². The Morgan fingerprint density at radius 1 is 1.13 bits per heavy atom. The number of hydrogen-bond acceptors (Lipinski definition) is 3. The van der Waals surface area contributed by atoms with E-state index in [-0.39, 0.29) is 29.6 Å². The highest BCUT2D eigenvalue weighted by atomic mass is 16.5. The molecule has 1 amide bonds. The van der Waals surface area contributed by atoms with E-state index in [2.05, 4.69) is 28.5 Å². The number of rotatable bonds is 7. The van der Waals surface area contributed by atoms with Crippen molar-refractivity contribution in [1.82, 2.24) is 14.9 Å². The molecule has 31 heavy (non-hydrogen) atoms. The lowest BCUT2D eigenvalue weighted by molar-refractivity contribution is -0.123. The highest BCUT2D eigenvalue weighted by molar-refractivity contribution is 5.84. The van der Waals surface area contributed by atoms with Crippen molar-refractivity contribution in [3.05, 3.63) is 100 Å². The Labute approximate surface area is 180 Å². The molecule has 0 fully saturated rings. The number of nitrogens with zero attached hydrogens (tertiary/aromatic N) is 1. The van der Waals surface area contributed by atoms with Crippen molar-refractivity contribution in [2.45, 2.75) is 12.8 Å². The molecule has 2 N–H and O–H groups in total. The number of aromatic amines is 1. The van der Waals surface area contributed by atoms with Gasteiger partial charge in [-0.25, -0.2) is 0 Å². The van der Waals surface area contributed by atoms with Gasteiger partial charge in [-0.1, -0.05) is 48.5 Å². The lowest BCUT2D eigenvalue weighted by Crippen LogP contribution is -2.33. The van der Waals surface area contributed by atoms with Crippen LogP contribution in [0, 0.1) is 6.92 Å². The molecule has 0 unspecified atom stereocenters. The van der Waals surface area contributed by atoms with E-state index in [0.717, 1.165) is 27.7 Å². The van der Waals surface area contributed by atoms with Crippen molar-refractivity contribution in [1.29, 1.82) is 0 Å². The standard InChI is InChI=1S/C25H25N3O3/c1-17-12-23(29)24(15-28(17)2)31-16-25(30)27-13-20(18-8-4-3-5-9-18)21-14-26-22-11-7-6-10-19(21)22/h3-12,14-15,20,26H,13,16H2,1-2H3,(H,27,30)/t20-/m0/s1. The average molecular weight is 415 g/mol. The first-order valence-electron chi connectivity index (χ1n) is 10.2. The summed E-state index contributed by atoms with van der Waals surface area (Å²) in [4.78, 5) is 27.9. The van der Waals surface area contributed by atoms with Crippen LogP contribution in [0.1, 0.15) is 22.7 Å². The van der Waals surface area contributed by atoms with Gasteiger partial charge in [0.05, 0.1) is 0 Å². The molecule has 6 heteroatoms. The Morgan fingerprint density at radius 3 is 2.68 bits per heavy atom. The fourth-order valence-corrected chi connectivity index (χ4v) is 3.70. The third-order valence-electron chi connectivity index (χ3n) is 5.51. The summed E-state index contributed by atoms with van der Waals surface area (Å²) in [6.45, 7) is 2.04. The largest absolute Gasteiger partial charge is 0.478 e. The van der Waals surface area contributed by atoms with Gasteiger partial charge in [-0.05, 0) is 24.1 Å². The summed E-state index contributed by atoms with van der Waals surface area (Å²) in [7, 11) is 1.83. The molecule has 0 radical (unpaired) electrons. The first-order valence-corrected chi connectivity index (χ1v) is 10.2. The summed E-state index contributed by atoms with van der Waals surface area (Å²) in [6, 6.07) is 19.7. The van der Waals surface area contributed by atoms with Gasteiger partial charge in [-0.2, -0.15) is 0 Å². The number of fused-ring (bicyclic) bond motifs is 1. The van der Waals surface area contributed by atoms with Crippen LogP contribution in [0.15, 0.2) is 77.9 Å². The van der Waals surface area contributed by atoms with E-state index in [4.69, 9.17) is 4.74 Å². The van der Waals surface area contributed by atoms with Crippen LogP contribution < -0.4 is 15.5 Å². The maximum absolute atomic E-state index is 12.5. The molecule has 0 aliphatic rings. The molecule has 2 heterocycles. The van der Waals surface area contributed by atoms with E-state index in [1.165, 1.54) is 6.07 Å². The van der Waals surface area contributed by atoms with Crippen LogP contribution in [-0.4, -0.2) is 28.6 Å². The molecule has 4 rings (SSSR count). The molecule has 2 aromatic heterocycles. The molecule has 158 valence electrons. The van der Waals surface area contributed by atoms with Crippen molar-refractivity contribution in [2.24, 2.45) is 7.05 Å². The summed E-state index contributed by atoms with van der Waals surface area (Å²) in [5, 5.41) is 4.09. The van der Waals surface area contributed by atoms with Crippen molar-refractivity contribution in [3.63, 3.8) is 0 Å². The zero-order valence-corrected chi connectivity index (χ0v) is 17.6. The number of amides is 1. The highest BCUT2D eigenvalue weighted by Gasteiger charge is 2.19. The summed E-state index contributed by atoms with van der Waals surface area (Å²) >= 11 is 0. The summed E-state index contributed by atoms with van der Waals surface area (Å²) in [5.74, 6) is -0.128. The summed E-state index contributed by atoms with van der Waals surface area (Å²) in [5.41, 5.74) is 3.88. The lowest BCUT2D eigenvalue weighted by Gasteiger charge is -2.18. The average Bonchev–Trinajstić information content (AvgIpc) is 3.20. The van der Waals surface area contributed by atoms with Gasteiger partial charge >= 0.3 is 0 Å². The number of benzene rings is 2. The predicted molar refractivity (Wildman–Crippen MR) is 122 cm³/mol. The lowest BCUT2D eigenvalue weighted by atomic mass is 9.91. The molecule has 0 aliphatic heterocycles. The van der Waals surface area contributed by atoms with Crippen molar-refractivity contribution in [3.8, 4) is 5.75 Å². The van der Waals surface area contributed by atoms with Crippen molar-refractivity contribution in [2.75, 3.05) is 13.2 Å². The Bertz CT molecular complexity index is 1260. The second-order valence-corrected chi connectivity index (χ2v) is 7.60. The van der Waals surface area contributed by atoms with E-state index in [0.29, 0.717) is 6.54 Å². The minimum atomic E-state index is -0.275. The Kier molecular flexibility index (Phi) is 5.89. The number of hydrogen-bond donors (Lipinski definition) is 2. The molecule has 0 saturated carbocycles. The van der Waals surface area contributed by atoms with Crippen LogP contribution in [0.3, 0.4) is 0 Å². The Morgan fingerprint density at radius 2 is 1.87 bits per heavy atom. The number of pyridine rings is 1. The quantitative estimate of drug-likeness (QED) is 0.485. The maximum atomic E-state index is 12.5. The minimum Gasteiger partial charge on any atom is -0.478 e. The fraction of sp³-hybridized carbons (Fsp3) is 0.200. The third-order valence-corrected chi connectivity index (χ3v) is 5.51. The van der Waals surface area contributed by atoms with Crippen molar-refractivity contribution < 1.29 is 9.53 Å². The molecule has 6 nitrogen and oxygen atoms in total. The number of aryl methyl sites for hydroxylation is 2. The molecule has 0 saturated heterocycles. The monoisotopic (exact) mass is 415 g/mol. The fourth-order valence-electron chi connectivity index (χ4n) is 3.70. The molecular formula is C25H25N3O3. The summed E-state index contributed by atoms with van der Waals surface area (Å²) < 4.78 is 7.27. The molecule has 0 spiro atoms. The molecule has 4 aromatic rings. The number of aromatic nitrogens is 2. The van der Waals surface area contributed by atoms with E-state index in [9.17, 15) is 9.59 Å². The second kappa shape index (κ2) is 8.92. The number of H-pyrrole nitrogens is 1. The molecule has 1 atom stereocenters. The van der Waals surface area contributed by atoms with Gasteiger partial charge in [0.1, 0.15) is 0 Å². The number of ether oxygens (including phenoxy) is 1. The number of nitrogens with one attached hydrogen (secondary N) is 2. The first-order chi connectivity index (χ1) is 15.0. The summed E-state index contributed by atoms with van der Waals surface area (Å²) in [6.07, 6.45) is 3.60. The maximum Gasteiger partial charge on any atom is 0.257 e. The highest BCUT2D eigenvalue weighted by Crippen LogP contribution is 2.30. The van der Waals surface area contributed by atoms with E-state index in [1.54, 1.807) is 10.8 Å². The van der Waals surface area contributed by atoms with Crippen LogP contribution in [0.5, 0.6) is 5.75 Å². The Hall–Kier alpha value is -3.80. The van der Waals surface area contributed by atoms with Gasteiger partial charge in [0.2, 0.25) is 5.43 Å². The molecule has 0 bridgehead atoms. The van der Waals surface area contributed by atoms with Gasteiger partial charge in [0.15, 0.2) is 12.4 Å². The normalized spacial score (nSPS) is 11.9.